The molecule has 0 bridgehead atoms. The molecule has 2 atom stereocenters. The lowest BCUT2D eigenvalue weighted by Gasteiger charge is -2.36. The third-order valence-corrected chi connectivity index (χ3v) is 6.36. The molecule has 1 aliphatic heterocycles. The van der Waals surface area contributed by atoms with Crippen LogP contribution in [0.15, 0.2) is 65.0 Å². The van der Waals surface area contributed by atoms with Gasteiger partial charge in [-0.05, 0) is 54.7 Å². The van der Waals surface area contributed by atoms with Crippen molar-refractivity contribution in [2.75, 3.05) is 14.2 Å². The number of methoxy groups -OCH3 is 2. The molecule has 0 spiro atoms. The van der Waals surface area contributed by atoms with Crippen molar-refractivity contribution in [3.63, 3.8) is 0 Å². The van der Waals surface area contributed by atoms with Gasteiger partial charge in [-0.3, -0.25) is 4.79 Å². The first-order chi connectivity index (χ1) is 15.3. The topological polar surface area (TPSA) is 84.9 Å². The molecule has 7 heteroatoms. The Balaban J connectivity index is 1.82. The number of dihydropyridines is 1. The van der Waals surface area contributed by atoms with Gasteiger partial charge >= 0.3 is 5.97 Å². The minimum atomic E-state index is -0.619. The van der Waals surface area contributed by atoms with Crippen LogP contribution in [0.5, 0.6) is 11.5 Å². The summed E-state index contributed by atoms with van der Waals surface area (Å²) in [4.78, 5) is 26.2. The van der Waals surface area contributed by atoms with Gasteiger partial charge in [0.2, 0.25) is 0 Å². The average molecular weight is 454 g/mol. The van der Waals surface area contributed by atoms with Crippen molar-refractivity contribution in [2.24, 2.45) is 0 Å². The zero-order valence-corrected chi connectivity index (χ0v) is 18.8. The molecule has 0 fully saturated rings. The van der Waals surface area contributed by atoms with Gasteiger partial charge in [0.1, 0.15) is 0 Å². The second kappa shape index (κ2) is 8.71. The minimum absolute atomic E-state index is 0.00787. The fraction of sp³-hybridized carbons (Fsp3) is 0.280. The summed E-state index contributed by atoms with van der Waals surface area (Å²) < 4.78 is 10.3. The van der Waals surface area contributed by atoms with Gasteiger partial charge in [-0.25, -0.2) is 4.79 Å². The number of phenolic OH excluding ortho intramolecular Hbond substituents is 1. The molecule has 32 heavy (non-hydrogen) atoms. The first kappa shape index (κ1) is 22.0. The van der Waals surface area contributed by atoms with Crippen LogP contribution in [0, 0.1) is 0 Å². The van der Waals surface area contributed by atoms with E-state index in [0.29, 0.717) is 40.3 Å². The Kier molecular flexibility index (Phi) is 5.98. The number of benzene rings is 2. The van der Waals surface area contributed by atoms with E-state index in [4.69, 9.17) is 21.1 Å². The van der Waals surface area contributed by atoms with Crippen LogP contribution < -0.4 is 10.1 Å². The Labute approximate surface area is 191 Å². The number of phenols is 1. The van der Waals surface area contributed by atoms with Crippen molar-refractivity contribution in [3.8, 4) is 11.5 Å². The van der Waals surface area contributed by atoms with Crippen LogP contribution in [0.4, 0.5) is 0 Å². The number of carbonyl (C=O) groups excluding carboxylic acids is 2. The van der Waals surface area contributed by atoms with Crippen LogP contribution in [0.1, 0.15) is 42.7 Å². The molecule has 2 aromatic carbocycles. The summed E-state index contributed by atoms with van der Waals surface area (Å²) in [6, 6.07) is 12.4. The van der Waals surface area contributed by atoms with E-state index in [1.54, 1.807) is 19.1 Å². The maximum atomic E-state index is 13.5. The van der Waals surface area contributed by atoms with Crippen molar-refractivity contribution >= 4 is 23.4 Å². The summed E-state index contributed by atoms with van der Waals surface area (Å²) in [5.41, 5.74) is 4.07. The van der Waals surface area contributed by atoms with E-state index in [0.717, 1.165) is 11.3 Å². The number of hydrogen-bond donors (Lipinski definition) is 2. The number of carbonyl (C=O) groups is 2. The second-order valence-corrected chi connectivity index (χ2v) is 8.43. The predicted molar refractivity (Wildman–Crippen MR) is 121 cm³/mol. The highest BCUT2D eigenvalue weighted by Gasteiger charge is 2.41. The third kappa shape index (κ3) is 3.86. The quantitative estimate of drug-likeness (QED) is 0.659. The number of ether oxygens (including phenoxy) is 2. The van der Waals surface area contributed by atoms with Gasteiger partial charge in [-0.15, -0.1) is 0 Å². The van der Waals surface area contributed by atoms with E-state index >= 15 is 0 Å². The molecule has 1 heterocycles. The molecule has 0 saturated heterocycles. The maximum absolute atomic E-state index is 13.5. The highest BCUT2D eigenvalue weighted by Crippen LogP contribution is 2.46. The Hall–Kier alpha value is -3.25. The van der Waals surface area contributed by atoms with E-state index in [1.165, 1.54) is 20.3 Å². The molecular formula is C25H24ClNO5. The van der Waals surface area contributed by atoms with Crippen molar-refractivity contribution < 1.29 is 24.2 Å². The average Bonchev–Trinajstić information content (AvgIpc) is 2.78. The standard InChI is InChI=1S/C25H24ClNO5/c1-13-22(25(30)32-3)23(15-6-9-19(28)21(12-15)31-2)24-18(27-13)10-16(11-20(24)29)14-4-7-17(26)8-5-14/h4-9,12,16,23,27-28H,10-11H2,1-3H3/t16-,23+/m1/s1. The highest BCUT2D eigenvalue weighted by atomic mass is 35.5. The molecule has 0 amide bonds. The fourth-order valence-corrected chi connectivity index (χ4v) is 4.72. The molecule has 1 aliphatic carbocycles. The molecule has 4 rings (SSSR count). The van der Waals surface area contributed by atoms with Crippen LogP contribution in [0.2, 0.25) is 5.02 Å². The van der Waals surface area contributed by atoms with E-state index in [1.807, 2.05) is 24.3 Å². The van der Waals surface area contributed by atoms with Crippen molar-refractivity contribution in [1.29, 1.82) is 0 Å². The van der Waals surface area contributed by atoms with Crippen molar-refractivity contribution in [1.82, 2.24) is 5.32 Å². The van der Waals surface area contributed by atoms with Gasteiger partial charge in [-0.1, -0.05) is 29.8 Å². The normalized spacial score (nSPS) is 20.6. The second-order valence-electron chi connectivity index (χ2n) is 7.99. The number of hydrogen-bond acceptors (Lipinski definition) is 6. The van der Waals surface area contributed by atoms with Crippen LogP contribution >= 0.6 is 11.6 Å². The first-order valence-corrected chi connectivity index (χ1v) is 10.7. The summed E-state index contributed by atoms with van der Waals surface area (Å²) in [6.07, 6.45) is 0.946. The number of nitrogens with one attached hydrogen (secondary N) is 1. The highest BCUT2D eigenvalue weighted by molar-refractivity contribution is 6.30. The number of rotatable bonds is 4. The van der Waals surface area contributed by atoms with E-state index < -0.39 is 11.9 Å². The number of aromatic hydroxyl groups is 1. The molecule has 2 N–H and O–H groups in total. The lowest BCUT2D eigenvalue weighted by atomic mass is 9.71. The molecular weight excluding hydrogens is 430 g/mol. The molecule has 2 aromatic rings. The summed E-state index contributed by atoms with van der Waals surface area (Å²) in [6.45, 7) is 1.80. The maximum Gasteiger partial charge on any atom is 0.336 e. The van der Waals surface area contributed by atoms with Gasteiger partial charge in [-0.2, -0.15) is 0 Å². The summed E-state index contributed by atoms with van der Waals surface area (Å²) in [5.74, 6) is -0.902. The van der Waals surface area contributed by atoms with Crippen LogP contribution in [0.3, 0.4) is 0 Å². The van der Waals surface area contributed by atoms with E-state index in [9.17, 15) is 14.7 Å². The molecule has 6 nitrogen and oxygen atoms in total. The van der Waals surface area contributed by atoms with Gasteiger partial charge < -0.3 is 19.9 Å². The van der Waals surface area contributed by atoms with Crippen LogP contribution in [0.25, 0.3) is 0 Å². The Morgan fingerprint density at radius 3 is 2.44 bits per heavy atom. The number of ketones is 1. The largest absolute Gasteiger partial charge is 0.504 e. The smallest absolute Gasteiger partial charge is 0.336 e. The van der Waals surface area contributed by atoms with E-state index in [-0.39, 0.29) is 23.2 Å². The Bertz CT molecular complexity index is 1150. The lowest BCUT2D eigenvalue weighted by molar-refractivity contribution is -0.136. The molecule has 0 unspecified atom stereocenters. The molecule has 0 saturated carbocycles. The van der Waals surface area contributed by atoms with Crippen molar-refractivity contribution in [3.05, 3.63) is 81.2 Å². The zero-order chi connectivity index (χ0) is 23.0. The monoisotopic (exact) mass is 453 g/mol. The number of esters is 1. The van der Waals surface area contributed by atoms with Crippen LogP contribution in [-0.2, 0) is 14.3 Å². The summed E-state index contributed by atoms with van der Waals surface area (Å²) >= 11 is 6.02. The lowest BCUT2D eigenvalue weighted by Crippen LogP contribution is -2.36. The van der Waals surface area contributed by atoms with Gasteiger partial charge in [0.05, 0.1) is 19.8 Å². The summed E-state index contributed by atoms with van der Waals surface area (Å²) in [7, 11) is 2.77. The fourth-order valence-electron chi connectivity index (χ4n) is 4.60. The van der Waals surface area contributed by atoms with Crippen molar-refractivity contribution in [2.45, 2.75) is 31.6 Å². The molecule has 166 valence electrons. The van der Waals surface area contributed by atoms with Gasteiger partial charge in [0.25, 0.3) is 0 Å². The Morgan fingerprint density at radius 1 is 1.09 bits per heavy atom. The molecule has 2 aliphatic rings. The molecule has 0 radical (unpaired) electrons. The first-order valence-electron chi connectivity index (χ1n) is 10.3. The van der Waals surface area contributed by atoms with Gasteiger partial charge in [0.15, 0.2) is 17.3 Å². The van der Waals surface area contributed by atoms with Gasteiger partial charge in [0, 0.05) is 34.3 Å². The number of halogens is 1. The number of Topliss-reactive ketones (excluding diaryl/α,β-unsaturated/α-hetero) is 1. The predicted octanol–water partition coefficient (Wildman–Crippen LogP) is 4.59. The molecule has 0 aromatic heterocycles. The van der Waals surface area contributed by atoms with E-state index in [2.05, 4.69) is 5.32 Å². The number of allylic oxidation sites excluding steroid dienone is 3. The zero-order valence-electron chi connectivity index (χ0n) is 18.1. The third-order valence-electron chi connectivity index (χ3n) is 6.11. The Morgan fingerprint density at radius 2 is 1.78 bits per heavy atom. The van der Waals surface area contributed by atoms with Crippen LogP contribution in [-0.4, -0.2) is 31.1 Å². The summed E-state index contributed by atoms with van der Waals surface area (Å²) in [5, 5.41) is 14.0. The SMILES string of the molecule is COC(=O)C1=C(C)NC2=C(C(=O)C[C@H](c3ccc(Cl)cc3)C2)[C@H]1c1ccc(O)c(OC)c1. The minimum Gasteiger partial charge on any atom is -0.504 e.